The Morgan fingerprint density at radius 2 is 1.03 bits per heavy atom. The maximum absolute atomic E-state index is 12.4. The van der Waals surface area contributed by atoms with Crippen molar-refractivity contribution >= 4 is 39.2 Å². The van der Waals surface area contributed by atoms with Crippen molar-refractivity contribution < 1.29 is 76.8 Å². The molecule has 0 aliphatic carbocycles. The van der Waals surface area contributed by atoms with Gasteiger partial charge in [-0.2, -0.15) is 0 Å². The standard InChI is InChI=1S/C15H25B3O16P2/c16-13-8(21)7(20)5(31-13)2-28-35(24,25)34-12-6(32-15(18)10(12)23)3-29-36(26,27)33-11-4(1-19)30-14(17)9(11)22/h4-15,19-23H,1-3H2,(H,24,25)(H,26,27)/t4-,5-,6-,7+,8?,9?,10?,11+,12+,13-,14-,15-/m1/s1. The molecule has 3 aliphatic heterocycles. The molecule has 3 saturated heterocycles. The molecule has 5 unspecified atom stereocenters. The first-order valence-electron chi connectivity index (χ1n) is 10.5. The zero-order valence-corrected chi connectivity index (χ0v) is 20.3. The van der Waals surface area contributed by atoms with Gasteiger partial charge in [0.25, 0.3) is 0 Å². The Morgan fingerprint density at radius 3 is 1.47 bits per heavy atom. The first-order chi connectivity index (χ1) is 16.7. The summed E-state index contributed by atoms with van der Waals surface area (Å²) in [4.78, 5) is 20.0. The van der Waals surface area contributed by atoms with Crippen LogP contribution in [-0.4, -0.2) is 152 Å². The van der Waals surface area contributed by atoms with Gasteiger partial charge in [0.15, 0.2) is 0 Å². The van der Waals surface area contributed by atoms with Crippen molar-refractivity contribution in [3.63, 3.8) is 0 Å². The van der Waals surface area contributed by atoms with E-state index in [2.05, 4.69) is 0 Å². The summed E-state index contributed by atoms with van der Waals surface area (Å²) in [6.45, 7) is -2.30. The minimum Gasteiger partial charge on any atom is -0.394 e. The van der Waals surface area contributed by atoms with Gasteiger partial charge in [-0.1, -0.05) is 0 Å². The summed E-state index contributed by atoms with van der Waals surface area (Å²) in [6, 6.07) is -4.02. The van der Waals surface area contributed by atoms with Crippen molar-refractivity contribution in [2.24, 2.45) is 0 Å². The van der Waals surface area contributed by atoms with Crippen LogP contribution in [0.2, 0.25) is 0 Å². The van der Waals surface area contributed by atoms with Gasteiger partial charge in [-0.3, -0.25) is 18.1 Å². The topological polar surface area (TPSA) is 240 Å². The van der Waals surface area contributed by atoms with Gasteiger partial charge in [-0.15, -0.1) is 0 Å². The average molecular weight is 556 g/mol. The van der Waals surface area contributed by atoms with Crippen LogP contribution in [0, 0.1) is 0 Å². The largest absolute Gasteiger partial charge is 0.472 e. The highest BCUT2D eigenvalue weighted by molar-refractivity contribution is 7.47. The summed E-state index contributed by atoms with van der Waals surface area (Å²) in [7, 11) is 6.47. The maximum Gasteiger partial charge on any atom is 0.472 e. The summed E-state index contributed by atoms with van der Waals surface area (Å²) < 4.78 is 59.2. The zero-order chi connectivity index (χ0) is 27.0. The number of phosphoric ester groups is 2. The fraction of sp³-hybridized carbons (Fsp3) is 1.00. The quantitative estimate of drug-likeness (QED) is 0.0933. The van der Waals surface area contributed by atoms with E-state index in [1.165, 1.54) is 0 Å². The lowest BCUT2D eigenvalue weighted by molar-refractivity contribution is -0.0398. The Balaban J connectivity index is 1.57. The van der Waals surface area contributed by atoms with Crippen molar-refractivity contribution in [3.05, 3.63) is 0 Å². The molecule has 16 nitrogen and oxygen atoms in total. The molecule has 6 radical (unpaired) electrons. The van der Waals surface area contributed by atoms with Crippen LogP contribution >= 0.6 is 15.6 Å². The molecular formula is C15H25B3O16P2. The average Bonchev–Trinajstić information content (AvgIpc) is 3.33. The van der Waals surface area contributed by atoms with E-state index >= 15 is 0 Å². The van der Waals surface area contributed by atoms with E-state index in [4.69, 9.17) is 55.8 Å². The third-order valence-corrected chi connectivity index (χ3v) is 7.61. The molecule has 3 fully saturated rings. The van der Waals surface area contributed by atoms with Crippen LogP contribution < -0.4 is 0 Å². The Morgan fingerprint density at radius 1 is 0.639 bits per heavy atom. The van der Waals surface area contributed by atoms with Crippen molar-refractivity contribution in [2.75, 3.05) is 19.8 Å². The van der Waals surface area contributed by atoms with Crippen LogP contribution in [0.25, 0.3) is 0 Å². The van der Waals surface area contributed by atoms with Gasteiger partial charge >= 0.3 is 15.6 Å². The number of phosphoric acid groups is 2. The zero-order valence-electron chi connectivity index (χ0n) is 18.5. The second-order valence-corrected chi connectivity index (χ2v) is 11.0. The molecule has 0 aromatic rings. The van der Waals surface area contributed by atoms with E-state index in [1.807, 2.05) is 0 Å². The van der Waals surface area contributed by atoms with E-state index in [1.54, 1.807) is 0 Å². The SMILES string of the molecule is [B][C@@H]1O[C@H](COP(=O)(O)O[C@@H]2C(O)[C@H]([B])O[C@@H]2COP(=O)(O)O[C@@H]2C(O)[C@H]([B])O[C@@H]2CO)[C@H](O)C1O. The summed E-state index contributed by atoms with van der Waals surface area (Å²) >= 11 is 0. The van der Waals surface area contributed by atoms with Crippen molar-refractivity contribution in [3.8, 4) is 0 Å². The van der Waals surface area contributed by atoms with Gasteiger partial charge in [-0.25, -0.2) is 9.13 Å². The second kappa shape index (κ2) is 12.1. The van der Waals surface area contributed by atoms with Crippen LogP contribution in [0.3, 0.4) is 0 Å². The van der Waals surface area contributed by atoms with Gasteiger partial charge in [-0.05, 0) is 0 Å². The maximum atomic E-state index is 12.4. The lowest BCUT2D eigenvalue weighted by Gasteiger charge is -2.26. The third-order valence-electron chi connectivity index (χ3n) is 5.64. The van der Waals surface area contributed by atoms with Crippen molar-refractivity contribution in [1.82, 2.24) is 0 Å². The molecular weight excluding hydrogens is 531 g/mol. The molecule has 0 amide bonds. The third kappa shape index (κ3) is 7.18. The van der Waals surface area contributed by atoms with Crippen LogP contribution in [0.15, 0.2) is 0 Å². The van der Waals surface area contributed by atoms with Crippen LogP contribution in [0.5, 0.6) is 0 Å². The molecule has 0 bridgehead atoms. The van der Waals surface area contributed by atoms with E-state index < -0.39 is 108 Å². The highest BCUT2D eigenvalue weighted by Gasteiger charge is 2.49. The molecule has 3 rings (SSSR count). The van der Waals surface area contributed by atoms with E-state index in [-0.39, 0.29) is 0 Å². The predicted octanol–water partition coefficient (Wildman–Crippen LogP) is -4.89. The highest BCUT2D eigenvalue weighted by Crippen LogP contribution is 2.50. The summed E-state index contributed by atoms with van der Waals surface area (Å²) in [5.41, 5.74) is 0. The molecule has 0 spiro atoms. The monoisotopic (exact) mass is 556 g/mol. The van der Waals surface area contributed by atoms with Crippen LogP contribution in [-0.2, 0) is 41.4 Å². The molecule has 36 heavy (non-hydrogen) atoms. The lowest BCUT2D eigenvalue weighted by Crippen LogP contribution is -2.38. The van der Waals surface area contributed by atoms with Gasteiger partial charge in [0, 0.05) is 18.0 Å². The smallest absolute Gasteiger partial charge is 0.394 e. The molecule has 0 aromatic carbocycles. The summed E-state index contributed by atoms with van der Waals surface area (Å²) in [5.74, 6) is 0. The molecule has 0 aromatic heterocycles. The number of hydrogen-bond acceptors (Lipinski definition) is 14. The highest BCUT2D eigenvalue weighted by atomic mass is 31.2. The Labute approximate surface area is 209 Å². The normalized spacial score (nSPS) is 46.5. The van der Waals surface area contributed by atoms with Gasteiger partial charge < -0.3 is 49.5 Å². The predicted molar refractivity (Wildman–Crippen MR) is 116 cm³/mol. The molecule has 3 aliphatic rings. The molecule has 14 atom stereocenters. The number of rotatable bonds is 11. The summed E-state index contributed by atoms with van der Waals surface area (Å²) in [5, 5.41) is 48.7. The van der Waals surface area contributed by atoms with Crippen molar-refractivity contribution in [2.45, 2.75) is 72.9 Å². The first-order valence-corrected chi connectivity index (χ1v) is 13.5. The number of aliphatic hydroxyl groups is 5. The minimum absolute atomic E-state index is 0.697. The molecule has 3 heterocycles. The molecule has 0 saturated carbocycles. The lowest BCUT2D eigenvalue weighted by atomic mass is 9.93. The minimum atomic E-state index is -5.00. The van der Waals surface area contributed by atoms with Gasteiger partial charge in [0.05, 0.1) is 25.9 Å². The Hall–Kier alpha value is 0.0948. The summed E-state index contributed by atoms with van der Waals surface area (Å²) in [6.07, 6.45) is -13.5. The molecule has 7 N–H and O–H groups in total. The van der Waals surface area contributed by atoms with E-state index in [9.17, 15) is 44.4 Å². The Bertz CT molecular complexity index is 843. The number of aliphatic hydroxyl groups excluding tert-OH is 5. The second-order valence-electron chi connectivity index (χ2n) is 8.23. The fourth-order valence-electron chi connectivity index (χ4n) is 3.69. The van der Waals surface area contributed by atoms with E-state index in [0.717, 1.165) is 0 Å². The number of hydrogen-bond donors (Lipinski definition) is 7. The number of ether oxygens (including phenoxy) is 3. The van der Waals surface area contributed by atoms with Crippen molar-refractivity contribution in [1.29, 1.82) is 0 Å². The van der Waals surface area contributed by atoms with Crippen LogP contribution in [0.4, 0.5) is 0 Å². The van der Waals surface area contributed by atoms with Crippen LogP contribution in [0.1, 0.15) is 0 Å². The van der Waals surface area contributed by atoms with Gasteiger partial charge in [0.2, 0.25) is 0 Å². The van der Waals surface area contributed by atoms with E-state index in [0.29, 0.717) is 0 Å². The fourth-order valence-corrected chi connectivity index (χ4v) is 5.62. The molecule has 21 heteroatoms. The molecule has 200 valence electrons. The Kier molecular flexibility index (Phi) is 10.3. The van der Waals surface area contributed by atoms with Gasteiger partial charge in [0.1, 0.15) is 72.4 Å². The first kappa shape index (κ1) is 30.6.